The summed E-state index contributed by atoms with van der Waals surface area (Å²) < 4.78 is 5.90. The van der Waals surface area contributed by atoms with E-state index in [1.54, 1.807) is 0 Å². The summed E-state index contributed by atoms with van der Waals surface area (Å²) in [5.41, 5.74) is 8.27. The molecule has 2 atom stereocenters. The fourth-order valence-corrected chi connectivity index (χ4v) is 2.51. The molecule has 1 aromatic rings. The van der Waals surface area contributed by atoms with E-state index in [1.165, 1.54) is 11.3 Å². The Morgan fingerprint density at radius 2 is 2.12 bits per heavy atom. The van der Waals surface area contributed by atoms with Crippen LogP contribution in [0.15, 0.2) is 24.3 Å². The molecule has 0 saturated carbocycles. The maximum atomic E-state index is 5.90. The average Bonchev–Trinajstić information content (AvgIpc) is 2.29. The Morgan fingerprint density at radius 1 is 1.35 bits per heavy atom. The Kier molecular flexibility index (Phi) is 4.02. The van der Waals surface area contributed by atoms with Crippen molar-refractivity contribution >= 4 is 5.69 Å². The van der Waals surface area contributed by atoms with Crippen LogP contribution in [0.5, 0.6) is 0 Å². The maximum Gasteiger partial charge on any atom is 0.0766 e. The lowest BCUT2D eigenvalue weighted by molar-refractivity contribution is -0.0183. The van der Waals surface area contributed by atoms with Gasteiger partial charge < -0.3 is 15.4 Å². The fourth-order valence-electron chi connectivity index (χ4n) is 2.51. The predicted molar refractivity (Wildman–Crippen MR) is 71.4 cm³/mol. The summed E-state index contributed by atoms with van der Waals surface area (Å²) in [5.74, 6) is 0. The number of aryl methyl sites for hydroxylation is 1. The van der Waals surface area contributed by atoms with Crippen molar-refractivity contribution in [1.82, 2.24) is 0 Å². The zero-order valence-corrected chi connectivity index (χ0v) is 10.7. The van der Waals surface area contributed by atoms with Gasteiger partial charge in [0.25, 0.3) is 0 Å². The number of benzene rings is 1. The highest BCUT2D eigenvalue weighted by atomic mass is 16.5. The van der Waals surface area contributed by atoms with Gasteiger partial charge in [0.05, 0.1) is 12.2 Å². The minimum atomic E-state index is 0.267. The Hall–Kier alpha value is -1.06. The number of ether oxygens (including phenoxy) is 1. The lowest BCUT2D eigenvalue weighted by Gasteiger charge is -2.38. The zero-order chi connectivity index (χ0) is 12.3. The van der Waals surface area contributed by atoms with Gasteiger partial charge in [0.2, 0.25) is 0 Å². The van der Waals surface area contributed by atoms with E-state index >= 15 is 0 Å². The summed E-state index contributed by atoms with van der Waals surface area (Å²) >= 11 is 0. The SMILES string of the molecule is Cc1ccccc1N1CC(C)OC(CCN)C1. The lowest BCUT2D eigenvalue weighted by Crippen LogP contribution is -2.47. The number of anilines is 1. The van der Waals surface area contributed by atoms with E-state index in [-0.39, 0.29) is 12.2 Å². The van der Waals surface area contributed by atoms with Crippen molar-refractivity contribution in [1.29, 1.82) is 0 Å². The third kappa shape index (κ3) is 2.99. The maximum absolute atomic E-state index is 5.90. The van der Waals surface area contributed by atoms with E-state index in [1.807, 2.05) is 0 Å². The van der Waals surface area contributed by atoms with Crippen molar-refractivity contribution in [2.45, 2.75) is 32.5 Å². The Balaban J connectivity index is 2.12. The van der Waals surface area contributed by atoms with Crippen molar-refractivity contribution in [3.63, 3.8) is 0 Å². The first kappa shape index (κ1) is 12.4. The number of nitrogens with two attached hydrogens (primary N) is 1. The Bertz CT molecular complexity index is 367. The summed E-state index contributed by atoms with van der Waals surface area (Å²) in [5, 5.41) is 0. The molecule has 0 amide bonds. The summed E-state index contributed by atoms with van der Waals surface area (Å²) in [6.45, 7) is 6.90. The number of para-hydroxylation sites is 1. The second-order valence-electron chi connectivity index (χ2n) is 4.84. The second kappa shape index (κ2) is 5.52. The van der Waals surface area contributed by atoms with Gasteiger partial charge in [-0.05, 0) is 38.4 Å². The number of hydrogen-bond acceptors (Lipinski definition) is 3. The molecule has 2 rings (SSSR count). The van der Waals surface area contributed by atoms with E-state index in [2.05, 4.69) is 43.0 Å². The van der Waals surface area contributed by atoms with Crippen molar-refractivity contribution in [2.24, 2.45) is 5.73 Å². The molecule has 3 heteroatoms. The van der Waals surface area contributed by atoms with Crippen LogP contribution in [0, 0.1) is 6.92 Å². The van der Waals surface area contributed by atoms with Crippen molar-refractivity contribution < 1.29 is 4.74 Å². The first-order valence-corrected chi connectivity index (χ1v) is 6.37. The molecule has 0 aromatic heterocycles. The summed E-state index contributed by atoms with van der Waals surface area (Å²) in [4.78, 5) is 2.42. The van der Waals surface area contributed by atoms with Gasteiger partial charge in [0.1, 0.15) is 0 Å². The molecule has 0 spiro atoms. The van der Waals surface area contributed by atoms with Crippen LogP contribution in [0.25, 0.3) is 0 Å². The summed E-state index contributed by atoms with van der Waals surface area (Å²) in [6, 6.07) is 8.53. The van der Waals surface area contributed by atoms with Crippen LogP contribution >= 0.6 is 0 Å². The molecule has 0 aliphatic carbocycles. The smallest absolute Gasteiger partial charge is 0.0766 e. The van der Waals surface area contributed by atoms with E-state index in [4.69, 9.17) is 10.5 Å². The monoisotopic (exact) mass is 234 g/mol. The highest BCUT2D eigenvalue weighted by Gasteiger charge is 2.25. The standard InChI is InChI=1S/C14H22N2O/c1-11-5-3-4-6-14(11)16-9-12(2)17-13(10-16)7-8-15/h3-6,12-13H,7-10,15H2,1-2H3. The molecule has 3 nitrogen and oxygen atoms in total. The van der Waals surface area contributed by atoms with Gasteiger partial charge in [-0.15, -0.1) is 0 Å². The van der Waals surface area contributed by atoms with Crippen LogP contribution in [0.3, 0.4) is 0 Å². The highest BCUT2D eigenvalue weighted by molar-refractivity contribution is 5.53. The topological polar surface area (TPSA) is 38.5 Å². The summed E-state index contributed by atoms with van der Waals surface area (Å²) in [6.07, 6.45) is 1.48. The third-order valence-electron chi connectivity index (χ3n) is 3.27. The zero-order valence-electron chi connectivity index (χ0n) is 10.7. The molecule has 1 aromatic carbocycles. The predicted octanol–water partition coefficient (Wildman–Crippen LogP) is 1.94. The number of hydrogen-bond donors (Lipinski definition) is 1. The van der Waals surface area contributed by atoms with Gasteiger partial charge in [-0.2, -0.15) is 0 Å². The number of rotatable bonds is 3. The third-order valence-corrected chi connectivity index (χ3v) is 3.27. The normalized spacial score (nSPS) is 25.0. The van der Waals surface area contributed by atoms with Gasteiger partial charge in [-0.25, -0.2) is 0 Å². The molecule has 17 heavy (non-hydrogen) atoms. The van der Waals surface area contributed by atoms with Crippen LogP contribution in [0.4, 0.5) is 5.69 Å². The largest absolute Gasteiger partial charge is 0.372 e. The molecule has 0 radical (unpaired) electrons. The minimum absolute atomic E-state index is 0.267. The van der Waals surface area contributed by atoms with Crippen LogP contribution in [0.1, 0.15) is 18.9 Å². The van der Waals surface area contributed by atoms with Gasteiger partial charge in [0.15, 0.2) is 0 Å². The molecule has 1 heterocycles. The number of morpholine rings is 1. The molecule has 1 aliphatic heterocycles. The highest BCUT2D eigenvalue weighted by Crippen LogP contribution is 2.24. The fraction of sp³-hybridized carbons (Fsp3) is 0.571. The molecule has 1 fully saturated rings. The molecule has 1 aliphatic rings. The first-order chi connectivity index (χ1) is 8.20. The Morgan fingerprint density at radius 3 is 2.82 bits per heavy atom. The molecular weight excluding hydrogens is 212 g/mol. The van der Waals surface area contributed by atoms with Crippen LogP contribution in [-0.2, 0) is 4.74 Å². The average molecular weight is 234 g/mol. The number of nitrogens with zero attached hydrogens (tertiary/aromatic N) is 1. The van der Waals surface area contributed by atoms with Crippen molar-refractivity contribution in [2.75, 3.05) is 24.5 Å². The Labute approximate surface area is 104 Å². The molecule has 2 unspecified atom stereocenters. The van der Waals surface area contributed by atoms with Crippen LogP contribution in [0.2, 0.25) is 0 Å². The van der Waals surface area contributed by atoms with Crippen LogP contribution in [-0.4, -0.2) is 31.8 Å². The van der Waals surface area contributed by atoms with E-state index < -0.39 is 0 Å². The van der Waals surface area contributed by atoms with Crippen molar-refractivity contribution in [3.8, 4) is 0 Å². The van der Waals surface area contributed by atoms with Gasteiger partial charge in [-0.3, -0.25) is 0 Å². The van der Waals surface area contributed by atoms with E-state index in [9.17, 15) is 0 Å². The van der Waals surface area contributed by atoms with Crippen molar-refractivity contribution in [3.05, 3.63) is 29.8 Å². The second-order valence-corrected chi connectivity index (χ2v) is 4.84. The van der Waals surface area contributed by atoms with E-state index in [0.717, 1.165) is 19.5 Å². The first-order valence-electron chi connectivity index (χ1n) is 6.37. The van der Waals surface area contributed by atoms with Gasteiger partial charge in [-0.1, -0.05) is 18.2 Å². The summed E-state index contributed by atoms with van der Waals surface area (Å²) in [7, 11) is 0. The lowest BCUT2D eigenvalue weighted by atomic mass is 10.1. The molecular formula is C14H22N2O. The molecule has 0 bridgehead atoms. The quantitative estimate of drug-likeness (QED) is 0.868. The molecule has 2 N–H and O–H groups in total. The van der Waals surface area contributed by atoms with E-state index in [0.29, 0.717) is 6.54 Å². The van der Waals surface area contributed by atoms with Crippen LogP contribution < -0.4 is 10.6 Å². The minimum Gasteiger partial charge on any atom is -0.372 e. The van der Waals surface area contributed by atoms with Gasteiger partial charge in [0, 0.05) is 18.8 Å². The molecule has 1 saturated heterocycles. The molecule has 94 valence electrons. The van der Waals surface area contributed by atoms with Gasteiger partial charge >= 0.3 is 0 Å².